The molecule has 0 radical (unpaired) electrons. The first-order chi connectivity index (χ1) is 8.68. The monoisotopic (exact) mass is 295 g/mol. The van der Waals surface area contributed by atoms with Gasteiger partial charge in [0.25, 0.3) is 0 Å². The molecule has 0 aliphatic rings. The van der Waals surface area contributed by atoms with Crippen LogP contribution in [0.25, 0.3) is 0 Å². The summed E-state index contributed by atoms with van der Waals surface area (Å²) >= 11 is 0. The lowest BCUT2D eigenvalue weighted by Gasteiger charge is -2.33. The third-order valence-corrected chi connectivity index (χ3v) is 3.83. The Morgan fingerprint density at radius 1 is 0.684 bits per heavy atom. The van der Waals surface area contributed by atoms with Crippen molar-refractivity contribution in [1.29, 1.82) is 0 Å². The predicted molar refractivity (Wildman–Crippen MR) is 77.6 cm³/mol. The van der Waals surface area contributed by atoms with Gasteiger partial charge in [0.1, 0.15) is 13.1 Å². The molecule has 0 atom stereocenters. The van der Waals surface area contributed by atoms with E-state index in [1.54, 1.807) is 0 Å². The summed E-state index contributed by atoms with van der Waals surface area (Å²) in [5.41, 5.74) is 0. The smallest absolute Gasteiger partial charge is 0.102 e. The highest BCUT2D eigenvalue weighted by Crippen LogP contribution is 2.11. The average Bonchev–Trinajstić information content (AvgIpc) is 2.33. The molecule has 0 rings (SSSR count). The number of hydrogen-bond acceptors (Lipinski definition) is 2. The molecule has 0 aromatic carbocycles. The van der Waals surface area contributed by atoms with Crippen LogP contribution >= 0.6 is 0 Å². The number of nitrogens with zero attached hydrogens (tertiary/aromatic N) is 1. The van der Waals surface area contributed by atoms with Gasteiger partial charge in [-0.3, -0.25) is 0 Å². The van der Waals surface area contributed by atoms with Crippen molar-refractivity contribution in [3.05, 3.63) is 0 Å². The normalized spacial score (nSPS) is 11.4. The first-order valence-corrected chi connectivity index (χ1v) is 7.74. The van der Waals surface area contributed by atoms with Crippen LogP contribution in [0.4, 0.5) is 0 Å². The maximum Gasteiger partial charge on any atom is 0.102 e. The van der Waals surface area contributed by atoms with Crippen molar-refractivity contribution in [2.45, 2.75) is 58.3 Å². The molecule has 2 N–H and O–H groups in total. The zero-order chi connectivity index (χ0) is 13.7. The minimum absolute atomic E-state index is 0. The minimum atomic E-state index is 0. The van der Waals surface area contributed by atoms with E-state index in [-0.39, 0.29) is 25.6 Å². The molecule has 0 bridgehead atoms. The van der Waals surface area contributed by atoms with Gasteiger partial charge < -0.3 is 27.1 Å². The molecule has 4 heteroatoms. The molecule has 19 heavy (non-hydrogen) atoms. The van der Waals surface area contributed by atoms with E-state index in [4.69, 9.17) is 10.2 Å². The van der Waals surface area contributed by atoms with Gasteiger partial charge in [-0.05, 0) is 12.8 Å². The highest BCUT2D eigenvalue weighted by atomic mass is 35.5. The number of likely N-dealkylation sites (N-methyl/N-ethyl adjacent to an activating group) is 1. The van der Waals surface area contributed by atoms with Gasteiger partial charge in [0.15, 0.2) is 0 Å². The van der Waals surface area contributed by atoms with E-state index in [0.29, 0.717) is 0 Å². The average molecular weight is 296 g/mol. The zero-order valence-corrected chi connectivity index (χ0v) is 13.7. The molecule has 0 aromatic heterocycles. The van der Waals surface area contributed by atoms with Gasteiger partial charge in [-0.25, -0.2) is 0 Å². The molecule has 0 saturated carbocycles. The topological polar surface area (TPSA) is 40.5 Å². The number of aliphatic hydroxyl groups is 2. The third-order valence-electron chi connectivity index (χ3n) is 3.83. The zero-order valence-electron chi connectivity index (χ0n) is 12.9. The molecule has 0 fully saturated rings. The molecule has 0 amide bonds. The summed E-state index contributed by atoms with van der Waals surface area (Å²) in [5, 5.41) is 18.1. The fourth-order valence-corrected chi connectivity index (χ4v) is 2.45. The lowest BCUT2D eigenvalue weighted by Crippen LogP contribution is -3.00. The Morgan fingerprint density at radius 3 is 1.53 bits per heavy atom. The lowest BCUT2D eigenvalue weighted by molar-refractivity contribution is -0.910. The molecule has 0 aromatic rings. The van der Waals surface area contributed by atoms with E-state index in [1.165, 1.54) is 51.4 Å². The van der Waals surface area contributed by atoms with Crippen molar-refractivity contribution in [3.8, 4) is 0 Å². The molecule has 0 spiro atoms. The molecule has 0 aliphatic carbocycles. The maximum absolute atomic E-state index is 9.05. The number of hydrogen-bond donors (Lipinski definition) is 2. The molecule has 0 unspecified atom stereocenters. The van der Waals surface area contributed by atoms with Gasteiger partial charge in [0, 0.05) is 0 Å². The standard InChI is InChI=1S/C15H34NO2.ClH/c1-3-4-5-6-7-8-9-10-11-16(2,12-14-17)13-15-18;/h17-18H,3-15H2,1-2H3;1H/q+1;/p-1. The summed E-state index contributed by atoms with van der Waals surface area (Å²) in [4.78, 5) is 0. The van der Waals surface area contributed by atoms with E-state index >= 15 is 0 Å². The van der Waals surface area contributed by atoms with Crippen LogP contribution in [0.2, 0.25) is 0 Å². The Morgan fingerprint density at radius 2 is 1.11 bits per heavy atom. The second-order valence-corrected chi connectivity index (χ2v) is 5.71. The highest BCUT2D eigenvalue weighted by Gasteiger charge is 2.19. The van der Waals surface area contributed by atoms with Crippen molar-refractivity contribution >= 4 is 0 Å². The summed E-state index contributed by atoms with van der Waals surface area (Å²) in [5.74, 6) is 0. The van der Waals surface area contributed by atoms with Crippen LogP contribution in [-0.4, -0.2) is 54.6 Å². The Bertz CT molecular complexity index is 174. The maximum atomic E-state index is 9.05. The quantitative estimate of drug-likeness (QED) is 0.357. The van der Waals surface area contributed by atoms with Gasteiger partial charge in [0.05, 0.1) is 26.8 Å². The van der Waals surface area contributed by atoms with Crippen LogP contribution in [0.3, 0.4) is 0 Å². The van der Waals surface area contributed by atoms with Crippen LogP contribution in [0, 0.1) is 0 Å². The summed E-state index contributed by atoms with van der Waals surface area (Å²) in [7, 11) is 2.13. The summed E-state index contributed by atoms with van der Waals surface area (Å²) in [6.07, 6.45) is 10.7. The Labute approximate surface area is 126 Å². The van der Waals surface area contributed by atoms with Gasteiger partial charge in [0.2, 0.25) is 0 Å². The van der Waals surface area contributed by atoms with E-state index in [1.807, 2.05) is 0 Å². The van der Waals surface area contributed by atoms with Gasteiger partial charge in [-0.15, -0.1) is 0 Å². The SMILES string of the molecule is CCCCCCCCCC[N+](C)(CCO)CCO.[Cl-]. The molecule has 118 valence electrons. The number of quaternary nitrogens is 1. The first-order valence-electron chi connectivity index (χ1n) is 7.74. The van der Waals surface area contributed by atoms with Crippen molar-refractivity contribution in [3.63, 3.8) is 0 Å². The predicted octanol–water partition coefficient (Wildman–Crippen LogP) is -0.438. The summed E-state index contributed by atoms with van der Waals surface area (Å²) < 4.78 is 0.808. The second kappa shape index (κ2) is 14.6. The van der Waals surface area contributed by atoms with E-state index in [9.17, 15) is 0 Å². The van der Waals surface area contributed by atoms with Gasteiger partial charge >= 0.3 is 0 Å². The Balaban J connectivity index is 0. The number of aliphatic hydroxyl groups excluding tert-OH is 2. The van der Waals surface area contributed by atoms with Gasteiger partial charge in [-0.2, -0.15) is 0 Å². The van der Waals surface area contributed by atoms with Crippen molar-refractivity contribution in [2.75, 3.05) is 39.9 Å². The van der Waals surface area contributed by atoms with Crippen LogP contribution in [0.15, 0.2) is 0 Å². The molecular weight excluding hydrogens is 262 g/mol. The molecule has 0 heterocycles. The van der Waals surface area contributed by atoms with Crippen molar-refractivity contribution in [2.24, 2.45) is 0 Å². The van der Waals surface area contributed by atoms with Crippen molar-refractivity contribution in [1.82, 2.24) is 0 Å². The van der Waals surface area contributed by atoms with E-state index in [2.05, 4.69) is 14.0 Å². The largest absolute Gasteiger partial charge is 1.00 e. The number of halogens is 1. The van der Waals surface area contributed by atoms with Crippen LogP contribution < -0.4 is 12.4 Å². The number of rotatable bonds is 13. The minimum Gasteiger partial charge on any atom is -1.00 e. The molecular formula is C15H34ClNO2. The van der Waals surface area contributed by atoms with Gasteiger partial charge in [-0.1, -0.05) is 45.4 Å². The van der Waals surface area contributed by atoms with E-state index in [0.717, 1.165) is 24.1 Å². The first kappa shape index (κ1) is 21.5. The lowest BCUT2D eigenvalue weighted by atomic mass is 10.1. The molecule has 3 nitrogen and oxygen atoms in total. The Hall–Kier alpha value is 0.170. The molecule has 0 saturated heterocycles. The summed E-state index contributed by atoms with van der Waals surface area (Å²) in [6.45, 7) is 5.28. The second-order valence-electron chi connectivity index (χ2n) is 5.71. The van der Waals surface area contributed by atoms with Crippen LogP contribution in [0.5, 0.6) is 0 Å². The summed E-state index contributed by atoms with van der Waals surface area (Å²) in [6, 6.07) is 0. The van der Waals surface area contributed by atoms with Crippen LogP contribution in [0.1, 0.15) is 58.3 Å². The van der Waals surface area contributed by atoms with Crippen molar-refractivity contribution < 1.29 is 27.1 Å². The fraction of sp³-hybridized carbons (Fsp3) is 1.00. The highest BCUT2D eigenvalue weighted by molar-refractivity contribution is 4.47. The fourth-order valence-electron chi connectivity index (χ4n) is 2.45. The van der Waals surface area contributed by atoms with Crippen LogP contribution in [-0.2, 0) is 0 Å². The Kier molecular flexibility index (Phi) is 16.5. The molecule has 0 aliphatic heterocycles. The third kappa shape index (κ3) is 12.9. The number of unbranched alkanes of at least 4 members (excludes halogenated alkanes) is 7. The van der Waals surface area contributed by atoms with E-state index < -0.39 is 0 Å².